The van der Waals surface area contributed by atoms with Crippen LogP contribution in [0.25, 0.3) is 16.3 Å². The number of para-hydroxylation sites is 1. The van der Waals surface area contributed by atoms with Gasteiger partial charge in [-0.25, -0.2) is 0 Å². The maximum atomic E-state index is 5.90. The number of rotatable bonds is 3. The monoisotopic (exact) mass is 300 g/mol. The van der Waals surface area contributed by atoms with Gasteiger partial charge in [-0.3, -0.25) is 0 Å². The lowest BCUT2D eigenvalue weighted by Crippen LogP contribution is -2.24. The first-order chi connectivity index (χ1) is 11.2. The van der Waals surface area contributed by atoms with Crippen LogP contribution in [0.2, 0.25) is 0 Å². The second kappa shape index (κ2) is 5.27. The maximum Gasteiger partial charge on any atom is 0.123 e. The Morgan fingerprint density at radius 1 is 1.00 bits per heavy atom. The highest BCUT2D eigenvalue weighted by Gasteiger charge is 2.36. The Balaban J connectivity index is 1.71. The minimum absolute atomic E-state index is 0.00930. The second-order valence-corrected chi connectivity index (χ2v) is 6.65. The highest BCUT2D eigenvalue weighted by Crippen LogP contribution is 2.44. The molecule has 3 aromatic carbocycles. The van der Waals surface area contributed by atoms with E-state index in [-0.39, 0.29) is 5.41 Å². The van der Waals surface area contributed by atoms with Crippen molar-refractivity contribution in [3.05, 3.63) is 84.4 Å². The van der Waals surface area contributed by atoms with Crippen LogP contribution in [0, 0.1) is 0 Å². The predicted molar refractivity (Wildman–Crippen MR) is 96.9 cm³/mol. The predicted octanol–water partition coefficient (Wildman–Crippen LogP) is 5.59. The Morgan fingerprint density at radius 2 is 1.74 bits per heavy atom. The molecule has 1 heterocycles. The third-order valence-electron chi connectivity index (χ3n) is 4.86. The van der Waals surface area contributed by atoms with E-state index >= 15 is 0 Å². The van der Waals surface area contributed by atoms with E-state index in [4.69, 9.17) is 4.74 Å². The molecule has 114 valence electrons. The molecular weight excluding hydrogens is 280 g/mol. The molecule has 0 amide bonds. The molecule has 0 radical (unpaired) electrons. The topological polar surface area (TPSA) is 9.23 Å². The molecule has 0 N–H and O–H groups in total. The minimum Gasteiger partial charge on any atom is -0.492 e. The SMILES string of the molecule is C=C(CC1(C)COc2ccccc21)c1cccc2ccccc12. The van der Waals surface area contributed by atoms with E-state index < -0.39 is 0 Å². The Hall–Kier alpha value is -2.54. The van der Waals surface area contributed by atoms with Gasteiger partial charge in [-0.2, -0.15) is 0 Å². The maximum absolute atomic E-state index is 5.90. The number of allylic oxidation sites excluding steroid dienone is 1. The van der Waals surface area contributed by atoms with Gasteiger partial charge < -0.3 is 4.74 Å². The van der Waals surface area contributed by atoms with Gasteiger partial charge in [-0.15, -0.1) is 0 Å². The van der Waals surface area contributed by atoms with Gasteiger partial charge in [0.05, 0.1) is 6.61 Å². The zero-order chi connectivity index (χ0) is 15.9. The van der Waals surface area contributed by atoms with Crippen molar-refractivity contribution in [2.24, 2.45) is 0 Å². The van der Waals surface area contributed by atoms with Gasteiger partial charge in [-0.1, -0.05) is 74.2 Å². The fourth-order valence-electron chi connectivity index (χ4n) is 3.65. The first-order valence-electron chi connectivity index (χ1n) is 8.06. The van der Waals surface area contributed by atoms with Crippen LogP contribution in [0.1, 0.15) is 24.5 Å². The van der Waals surface area contributed by atoms with Crippen molar-refractivity contribution in [2.75, 3.05) is 6.61 Å². The number of hydrogen-bond acceptors (Lipinski definition) is 1. The Bertz CT molecular complexity index is 888. The molecule has 0 aromatic heterocycles. The summed E-state index contributed by atoms with van der Waals surface area (Å²) < 4.78 is 5.90. The fourth-order valence-corrected chi connectivity index (χ4v) is 3.65. The van der Waals surface area contributed by atoms with E-state index in [9.17, 15) is 0 Å². The van der Waals surface area contributed by atoms with Gasteiger partial charge in [0.25, 0.3) is 0 Å². The largest absolute Gasteiger partial charge is 0.492 e. The average Bonchev–Trinajstić information content (AvgIpc) is 2.91. The molecule has 1 aliphatic rings. The lowest BCUT2D eigenvalue weighted by atomic mass is 9.77. The normalized spacial score (nSPS) is 19.3. The fraction of sp³-hybridized carbons (Fsp3) is 0.182. The smallest absolute Gasteiger partial charge is 0.123 e. The van der Waals surface area contributed by atoms with Crippen LogP contribution in [-0.2, 0) is 5.41 Å². The molecule has 3 aromatic rings. The van der Waals surface area contributed by atoms with E-state index in [0.29, 0.717) is 0 Å². The summed E-state index contributed by atoms with van der Waals surface area (Å²) in [5.74, 6) is 1.01. The van der Waals surface area contributed by atoms with Crippen LogP contribution in [-0.4, -0.2) is 6.61 Å². The molecule has 23 heavy (non-hydrogen) atoms. The van der Waals surface area contributed by atoms with Crippen LogP contribution < -0.4 is 4.74 Å². The third-order valence-corrected chi connectivity index (χ3v) is 4.86. The Labute approximate surface area is 137 Å². The van der Waals surface area contributed by atoms with E-state index in [1.807, 2.05) is 6.07 Å². The molecule has 0 bridgehead atoms. The quantitative estimate of drug-likeness (QED) is 0.612. The molecule has 4 rings (SSSR count). The zero-order valence-electron chi connectivity index (χ0n) is 13.4. The van der Waals surface area contributed by atoms with E-state index in [2.05, 4.69) is 74.2 Å². The van der Waals surface area contributed by atoms with Gasteiger partial charge in [0.15, 0.2) is 0 Å². The van der Waals surface area contributed by atoms with Crippen molar-refractivity contribution in [3.63, 3.8) is 0 Å². The number of benzene rings is 3. The van der Waals surface area contributed by atoms with Crippen molar-refractivity contribution < 1.29 is 4.74 Å². The summed E-state index contributed by atoms with van der Waals surface area (Å²) in [6, 6.07) is 23.3. The second-order valence-electron chi connectivity index (χ2n) is 6.65. The van der Waals surface area contributed by atoms with Gasteiger partial charge in [0, 0.05) is 11.0 Å². The number of fused-ring (bicyclic) bond motifs is 2. The molecule has 0 saturated heterocycles. The highest BCUT2D eigenvalue weighted by molar-refractivity contribution is 5.93. The summed E-state index contributed by atoms with van der Waals surface area (Å²) in [7, 11) is 0. The summed E-state index contributed by atoms with van der Waals surface area (Å²) in [6.07, 6.45) is 0.901. The van der Waals surface area contributed by atoms with Crippen LogP contribution in [0.3, 0.4) is 0 Å². The molecule has 1 heteroatoms. The van der Waals surface area contributed by atoms with Gasteiger partial charge in [-0.05, 0) is 34.4 Å². The van der Waals surface area contributed by atoms with Crippen LogP contribution in [0.4, 0.5) is 0 Å². The van der Waals surface area contributed by atoms with Crippen LogP contribution in [0.5, 0.6) is 5.75 Å². The summed E-state index contributed by atoms with van der Waals surface area (Å²) in [6.45, 7) is 7.39. The van der Waals surface area contributed by atoms with Crippen molar-refractivity contribution in [1.82, 2.24) is 0 Å². The van der Waals surface area contributed by atoms with E-state index in [0.717, 1.165) is 18.8 Å². The molecule has 1 atom stereocenters. The van der Waals surface area contributed by atoms with E-state index in [1.165, 1.54) is 27.5 Å². The Kier molecular flexibility index (Phi) is 3.23. The molecule has 0 fully saturated rings. The van der Waals surface area contributed by atoms with Crippen molar-refractivity contribution >= 4 is 16.3 Å². The standard InChI is InChI=1S/C22H20O/c1-16(18-11-7-9-17-8-3-4-10-19(17)18)14-22(2)15-23-21-13-6-5-12-20(21)22/h3-13H,1,14-15H2,2H3. The molecule has 1 aliphatic heterocycles. The molecule has 0 spiro atoms. The number of hydrogen-bond donors (Lipinski definition) is 0. The van der Waals surface area contributed by atoms with Gasteiger partial charge >= 0.3 is 0 Å². The molecular formula is C22H20O. The lowest BCUT2D eigenvalue weighted by molar-refractivity contribution is 0.281. The minimum atomic E-state index is -0.00930. The van der Waals surface area contributed by atoms with Gasteiger partial charge in [0.1, 0.15) is 5.75 Å². The molecule has 1 unspecified atom stereocenters. The highest BCUT2D eigenvalue weighted by atomic mass is 16.5. The first kappa shape index (κ1) is 14.1. The van der Waals surface area contributed by atoms with Crippen molar-refractivity contribution in [3.8, 4) is 5.75 Å². The summed E-state index contributed by atoms with van der Waals surface area (Å²) in [4.78, 5) is 0. The third kappa shape index (κ3) is 2.33. The first-order valence-corrected chi connectivity index (χ1v) is 8.06. The summed E-state index contributed by atoms with van der Waals surface area (Å²) in [5.41, 5.74) is 3.70. The molecule has 1 nitrogen and oxygen atoms in total. The average molecular weight is 300 g/mol. The van der Waals surface area contributed by atoms with Crippen LogP contribution in [0.15, 0.2) is 73.3 Å². The number of ether oxygens (including phenoxy) is 1. The Morgan fingerprint density at radius 3 is 2.65 bits per heavy atom. The molecule has 0 aliphatic carbocycles. The van der Waals surface area contributed by atoms with Crippen LogP contribution >= 0.6 is 0 Å². The lowest BCUT2D eigenvalue weighted by Gasteiger charge is -2.24. The summed E-state index contributed by atoms with van der Waals surface area (Å²) in [5, 5.41) is 2.54. The zero-order valence-corrected chi connectivity index (χ0v) is 13.4. The summed E-state index contributed by atoms with van der Waals surface area (Å²) >= 11 is 0. The molecule has 0 saturated carbocycles. The van der Waals surface area contributed by atoms with Crippen molar-refractivity contribution in [2.45, 2.75) is 18.8 Å². The van der Waals surface area contributed by atoms with Gasteiger partial charge in [0.2, 0.25) is 0 Å². The van der Waals surface area contributed by atoms with Crippen molar-refractivity contribution in [1.29, 1.82) is 0 Å². The van der Waals surface area contributed by atoms with E-state index in [1.54, 1.807) is 0 Å².